The number of likely N-dealkylation sites (N-methyl/N-ethyl adjacent to an activating group) is 1. The molecule has 1 atom stereocenters. The topological polar surface area (TPSA) is 83.6 Å². The molecule has 1 heterocycles. The highest BCUT2D eigenvalue weighted by atomic mass is 32.2. The predicted molar refractivity (Wildman–Crippen MR) is 72.3 cm³/mol. The lowest BCUT2D eigenvalue weighted by molar-refractivity contribution is 0.342. The van der Waals surface area contributed by atoms with Crippen LogP contribution in [0.3, 0.4) is 0 Å². The molecule has 0 bridgehead atoms. The van der Waals surface area contributed by atoms with Crippen LogP contribution in [0.2, 0.25) is 0 Å². The molecule has 0 aromatic heterocycles. The molecule has 18 heavy (non-hydrogen) atoms. The SMILES string of the molecule is CN(CCNC1CCS(=O)(=O)C1)CCS(C)(=O)=O. The number of sulfone groups is 2. The summed E-state index contributed by atoms with van der Waals surface area (Å²) in [5, 5.41) is 3.19. The average Bonchev–Trinajstić information content (AvgIpc) is 2.54. The Morgan fingerprint density at radius 1 is 1.33 bits per heavy atom. The minimum Gasteiger partial charge on any atom is -0.312 e. The van der Waals surface area contributed by atoms with Crippen LogP contribution in [0.25, 0.3) is 0 Å². The minimum absolute atomic E-state index is 0.0540. The smallest absolute Gasteiger partial charge is 0.151 e. The maximum atomic E-state index is 11.2. The van der Waals surface area contributed by atoms with Gasteiger partial charge in [-0.2, -0.15) is 0 Å². The molecule has 1 aliphatic rings. The Morgan fingerprint density at radius 2 is 2.00 bits per heavy atom. The number of hydrogen-bond donors (Lipinski definition) is 1. The lowest BCUT2D eigenvalue weighted by atomic mass is 10.2. The van der Waals surface area contributed by atoms with Gasteiger partial charge >= 0.3 is 0 Å². The van der Waals surface area contributed by atoms with Gasteiger partial charge in [-0.3, -0.25) is 0 Å². The molecule has 108 valence electrons. The Bertz CT molecular complexity index is 458. The van der Waals surface area contributed by atoms with E-state index >= 15 is 0 Å². The molecule has 1 saturated heterocycles. The van der Waals surface area contributed by atoms with Crippen LogP contribution in [0.15, 0.2) is 0 Å². The van der Waals surface area contributed by atoms with E-state index in [2.05, 4.69) is 5.32 Å². The zero-order valence-corrected chi connectivity index (χ0v) is 12.6. The van der Waals surface area contributed by atoms with Crippen molar-refractivity contribution in [1.29, 1.82) is 0 Å². The van der Waals surface area contributed by atoms with E-state index < -0.39 is 19.7 Å². The second kappa shape index (κ2) is 6.31. The van der Waals surface area contributed by atoms with Crippen molar-refractivity contribution in [3.8, 4) is 0 Å². The summed E-state index contributed by atoms with van der Waals surface area (Å²) in [5.41, 5.74) is 0. The van der Waals surface area contributed by atoms with Gasteiger partial charge in [0.1, 0.15) is 9.84 Å². The summed E-state index contributed by atoms with van der Waals surface area (Å²) in [6.07, 6.45) is 1.90. The quantitative estimate of drug-likeness (QED) is 0.632. The summed E-state index contributed by atoms with van der Waals surface area (Å²) in [6, 6.07) is 0.0540. The first-order valence-corrected chi connectivity index (χ1v) is 9.86. The lowest BCUT2D eigenvalue weighted by Gasteiger charge is -2.18. The maximum Gasteiger partial charge on any atom is 0.151 e. The summed E-state index contributed by atoms with van der Waals surface area (Å²) < 4.78 is 44.4. The number of rotatable bonds is 7. The zero-order chi connectivity index (χ0) is 13.8. The first-order chi connectivity index (χ1) is 8.18. The van der Waals surface area contributed by atoms with E-state index in [4.69, 9.17) is 0 Å². The highest BCUT2D eigenvalue weighted by Crippen LogP contribution is 2.10. The molecule has 0 amide bonds. The molecule has 1 unspecified atom stereocenters. The first-order valence-electron chi connectivity index (χ1n) is 5.98. The predicted octanol–water partition coefficient (Wildman–Crippen LogP) is -1.26. The largest absolute Gasteiger partial charge is 0.312 e. The van der Waals surface area contributed by atoms with E-state index in [-0.39, 0.29) is 23.3 Å². The fourth-order valence-electron chi connectivity index (χ4n) is 1.85. The van der Waals surface area contributed by atoms with Crippen molar-refractivity contribution in [2.45, 2.75) is 12.5 Å². The van der Waals surface area contributed by atoms with Gasteiger partial charge in [-0.15, -0.1) is 0 Å². The van der Waals surface area contributed by atoms with Crippen LogP contribution in [0.4, 0.5) is 0 Å². The Hall–Kier alpha value is -0.180. The second-order valence-corrected chi connectivity index (χ2v) is 9.48. The highest BCUT2D eigenvalue weighted by molar-refractivity contribution is 7.91. The Balaban J connectivity index is 2.15. The van der Waals surface area contributed by atoms with Crippen molar-refractivity contribution < 1.29 is 16.8 Å². The average molecular weight is 298 g/mol. The molecule has 0 spiro atoms. The number of hydrogen-bond acceptors (Lipinski definition) is 6. The van der Waals surface area contributed by atoms with Gasteiger partial charge < -0.3 is 10.2 Å². The van der Waals surface area contributed by atoms with Crippen LogP contribution in [-0.4, -0.2) is 78.0 Å². The van der Waals surface area contributed by atoms with Gasteiger partial charge in [-0.25, -0.2) is 16.8 Å². The van der Waals surface area contributed by atoms with Crippen LogP contribution in [-0.2, 0) is 19.7 Å². The Kier molecular flexibility index (Phi) is 5.57. The van der Waals surface area contributed by atoms with Crippen LogP contribution in [0, 0.1) is 0 Å². The van der Waals surface area contributed by atoms with Crippen LogP contribution in [0.1, 0.15) is 6.42 Å². The van der Waals surface area contributed by atoms with Crippen molar-refractivity contribution >= 4 is 19.7 Å². The van der Waals surface area contributed by atoms with Gasteiger partial charge in [0.05, 0.1) is 17.3 Å². The fourth-order valence-corrected chi connectivity index (χ4v) is 4.20. The third kappa shape index (κ3) is 6.67. The van der Waals surface area contributed by atoms with Gasteiger partial charge in [0.25, 0.3) is 0 Å². The molecule has 6 nitrogen and oxygen atoms in total. The van der Waals surface area contributed by atoms with Crippen molar-refractivity contribution in [2.75, 3.05) is 50.2 Å². The maximum absolute atomic E-state index is 11.2. The lowest BCUT2D eigenvalue weighted by Crippen LogP contribution is -2.37. The summed E-state index contributed by atoms with van der Waals surface area (Å²) in [4.78, 5) is 1.93. The third-order valence-electron chi connectivity index (χ3n) is 3.00. The van der Waals surface area contributed by atoms with Crippen LogP contribution >= 0.6 is 0 Å². The minimum atomic E-state index is -2.92. The molecule has 1 N–H and O–H groups in total. The molecule has 8 heteroatoms. The molecule has 0 aromatic carbocycles. The molecule has 0 radical (unpaired) electrons. The van der Waals surface area contributed by atoms with Gasteiger partial charge in [0, 0.05) is 31.9 Å². The van der Waals surface area contributed by atoms with Crippen LogP contribution in [0.5, 0.6) is 0 Å². The van der Waals surface area contributed by atoms with Gasteiger partial charge in [0.2, 0.25) is 0 Å². The van der Waals surface area contributed by atoms with Gasteiger partial charge in [-0.1, -0.05) is 0 Å². The normalized spacial score (nSPS) is 23.6. The molecule has 1 fully saturated rings. The monoisotopic (exact) mass is 298 g/mol. The molecular weight excluding hydrogens is 276 g/mol. The summed E-state index contributed by atoms with van der Waals surface area (Å²) in [5.74, 6) is 0.649. The van der Waals surface area contributed by atoms with E-state index in [1.165, 1.54) is 6.26 Å². The molecule has 1 aliphatic heterocycles. The summed E-state index contributed by atoms with van der Waals surface area (Å²) >= 11 is 0. The summed E-state index contributed by atoms with van der Waals surface area (Å²) in [6.45, 7) is 1.90. The van der Waals surface area contributed by atoms with Crippen molar-refractivity contribution in [3.05, 3.63) is 0 Å². The van der Waals surface area contributed by atoms with Crippen molar-refractivity contribution in [2.24, 2.45) is 0 Å². The third-order valence-corrected chi connectivity index (χ3v) is 5.69. The molecular formula is C10H22N2O4S2. The zero-order valence-electron chi connectivity index (χ0n) is 10.9. The Labute approximate surface area is 110 Å². The molecule has 1 rings (SSSR count). The fraction of sp³-hybridized carbons (Fsp3) is 1.00. The summed E-state index contributed by atoms with van der Waals surface area (Å²) in [7, 11) is -3.89. The van der Waals surface area contributed by atoms with Crippen LogP contribution < -0.4 is 5.32 Å². The molecule has 0 aromatic rings. The van der Waals surface area contributed by atoms with E-state index in [0.717, 1.165) is 0 Å². The number of nitrogens with one attached hydrogen (secondary N) is 1. The van der Waals surface area contributed by atoms with E-state index in [1.54, 1.807) is 0 Å². The van der Waals surface area contributed by atoms with E-state index in [9.17, 15) is 16.8 Å². The van der Waals surface area contributed by atoms with Gasteiger partial charge in [0.15, 0.2) is 9.84 Å². The van der Waals surface area contributed by atoms with E-state index in [0.29, 0.717) is 26.1 Å². The van der Waals surface area contributed by atoms with Crippen molar-refractivity contribution in [1.82, 2.24) is 10.2 Å². The van der Waals surface area contributed by atoms with Gasteiger partial charge in [-0.05, 0) is 13.5 Å². The molecule has 0 aliphatic carbocycles. The first kappa shape index (κ1) is 15.9. The Morgan fingerprint density at radius 3 is 2.50 bits per heavy atom. The standard InChI is InChI=1S/C10H22N2O4S2/c1-12(6-8-17(2,13)14)5-4-11-10-3-7-18(15,16)9-10/h10-11H,3-9H2,1-2H3. The molecule has 0 saturated carbocycles. The van der Waals surface area contributed by atoms with Crippen molar-refractivity contribution in [3.63, 3.8) is 0 Å². The number of nitrogens with zero attached hydrogens (tertiary/aromatic N) is 1. The second-order valence-electron chi connectivity index (χ2n) is 4.99. The van der Waals surface area contributed by atoms with E-state index in [1.807, 2.05) is 11.9 Å². The highest BCUT2D eigenvalue weighted by Gasteiger charge is 2.27.